The summed E-state index contributed by atoms with van der Waals surface area (Å²) in [7, 11) is 0. The Kier molecular flexibility index (Phi) is 4.48. The number of hydrogen-bond donors (Lipinski definition) is 1. The molecule has 0 amide bonds. The number of fused-ring (bicyclic) bond motifs is 1. The third-order valence-corrected chi connectivity index (χ3v) is 5.05. The first-order chi connectivity index (χ1) is 9.36. The van der Waals surface area contributed by atoms with Crippen molar-refractivity contribution in [3.8, 4) is 0 Å². The van der Waals surface area contributed by atoms with Crippen LogP contribution >= 0.6 is 11.3 Å². The van der Waals surface area contributed by atoms with Crippen molar-refractivity contribution in [1.29, 1.82) is 0 Å². The van der Waals surface area contributed by atoms with Crippen LogP contribution in [0.1, 0.15) is 42.2 Å². The van der Waals surface area contributed by atoms with Gasteiger partial charge in [0, 0.05) is 30.2 Å². The van der Waals surface area contributed by atoms with Gasteiger partial charge in [0.15, 0.2) is 0 Å². The van der Waals surface area contributed by atoms with E-state index in [1.807, 2.05) is 6.20 Å². The maximum atomic E-state index is 6.00. The Morgan fingerprint density at radius 3 is 3.42 bits per heavy atom. The molecule has 5 heteroatoms. The molecule has 0 bridgehead atoms. The molecule has 4 nitrogen and oxygen atoms in total. The highest BCUT2D eigenvalue weighted by atomic mass is 32.1. The minimum absolute atomic E-state index is 0.194. The molecule has 106 valence electrons. The Bertz CT molecular complexity index is 409. The average molecular weight is 281 g/mol. The van der Waals surface area contributed by atoms with Gasteiger partial charge in [0.2, 0.25) is 0 Å². The summed E-state index contributed by atoms with van der Waals surface area (Å²) in [4.78, 5) is 8.45. The lowest BCUT2D eigenvalue weighted by atomic mass is 10.2. The van der Waals surface area contributed by atoms with Crippen LogP contribution in [0.2, 0.25) is 0 Å². The van der Waals surface area contributed by atoms with E-state index in [1.165, 1.54) is 30.7 Å². The quantitative estimate of drug-likeness (QED) is 0.840. The van der Waals surface area contributed by atoms with Gasteiger partial charge in [-0.1, -0.05) is 6.92 Å². The molecule has 0 spiro atoms. The second-order valence-electron chi connectivity index (χ2n) is 5.45. The van der Waals surface area contributed by atoms with Crippen molar-refractivity contribution < 1.29 is 4.74 Å². The molecule has 2 saturated heterocycles. The fourth-order valence-electron chi connectivity index (χ4n) is 2.91. The van der Waals surface area contributed by atoms with Crippen LogP contribution in [0.4, 0.5) is 0 Å². The molecular formula is C14H23N3OS. The number of rotatable bonds is 5. The SMILES string of the molecule is CCCNCc1cnc(C2CN3CCCC3CO2)s1. The van der Waals surface area contributed by atoms with Crippen molar-refractivity contribution in [1.82, 2.24) is 15.2 Å². The summed E-state index contributed by atoms with van der Waals surface area (Å²) in [5.74, 6) is 0. The summed E-state index contributed by atoms with van der Waals surface area (Å²) in [5, 5.41) is 4.58. The molecule has 3 heterocycles. The summed E-state index contributed by atoms with van der Waals surface area (Å²) < 4.78 is 6.00. The minimum atomic E-state index is 0.194. The molecule has 19 heavy (non-hydrogen) atoms. The van der Waals surface area contributed by atoms with Gasteiger partial charge >= 0.3 is 0 Å². The third-order valence-electron chi connectivity index (χ3n) is 3.96. The summed E-state index contributed by atoms with van der Waals surface area (Å²) in [6.45, 7) is 7.34. The van der Waals surface area contributed by atoms with Crippen LogP contribution in [-0.2, 0) is 11.3 Å². The number of nitrogens with zero attached hydrogens (tertiary/aromatic N) is 2. The molecule has 1 aromatic heterocycles. The fraction of sp³-hybridized carbons (Fsp3) is 0.786. The first-order valence-corrected chi connectivity index (χ1v) is 8.19. The molecule has 0 aromatic carbocycles. The Morgan fingerprint density at radius 1 is 1.58 bits per heavy atom. The van der Waals surface area contributed by atoms with E-state index in [1.54, 1.807) is 11.3 Å². The molecule has 1 N–H and O–H groups in total. The lowest BCUT2D eigenvalue weighted by Gasteiger charge is -2.34. The van der Waals surface area contributed by atoms with Gasteiger partial charge in [-0.05, 0) is 32.4 Å². The summed E-state index contributed by atoms with van der Waals surface area (Å²) in [6, 6.07) is 0.668. The number of aromatic nitrogens is 1. The zero-order valence-corrected chi connectivity index (χ0v) is 12.4. The van der Waals surface area contributed by atoms with Crippen LogP contribution in [0.5, 0.6) is 0 Å². The van der Waals surface area contributed by atoms with Crippen molar-refractivity contribution in [2.24, 2.45) is 0 Å². The molecule has 3 rings (SSSR count). The van der Waals surface area contributed by atoms with Crippen molar-refractivity contribution >= 4 is 11.3 Å². The zero-order valence-electron chi connectivity index (χ0n) is 11.6. The van der Waals surface area contributed by atoms with E-state index in [9.17, 15) is 0 Å². The van der Waals surface area contributed by atoms with E-state index < -0.39 is 0 Å². The zero-order chi connectivity index (χ0) is 13.1. The third kappa shape index (κ3) is 3.16. The van der Waals surface area contributed by atoms with E-state index in [-0.39, 0.29) is 6.10 Å². The van der Waals surface area contributed by atoms with Gasteiger partial charge in [0.25, 0.3) is 0 Å². The van der Waals surface area contributed by atoms with Gasteiger partial charge in [-0.3, -0.25) is 4.90 Å². The van der Waals surface area contributed by atoms with E-state index >= 15 is 0 Å². The number of nitrogens with one attached hydrogen (secondary N) is 1. The van der Waals surface area contributed by atoms with Gasteiger partial charge < -0.3 is 10.1 Å². The normalized spacial score (nSPS) is 27.6. The van der Waals surface area contributed by atoms with E-state index in [0.29, 0.717) is 6.04 Å². The fourth-order valence-corrected chi connectivity index (χ4v) is 3.84. The second-order valence-corrected chi connectivity index (χ2v) is 6.60. The summed E-state index contributed by atoms with van der Waals surface area (Å²) in [6.07, 6.45) is 6.00. The maximum absolute atomic E-state index is 6.00. The predicted molar refractivity (Wildman–Crippen MR) is 77.4 cm³/mol. The van der Waals surface area contributed by atoms with Crippen LogP contribution in [0.3, 0.4) is 0 Å². The topological polar surface area (TPSA) is 37.4 Å². The first-order valence-electron chi connectivity index (χ1n) is 7.37. The molecule has 2 aliphatic heterocycles. The molecule has 0 saturated carbocycles. The maximum Gasteiger partial charge on any atom is 0.123 e. The Hall–Kier alpha value is -0.490. The molecule has 2 fully saturated rings. The van der Waals surface area contributed by atoms with Crippen LogP contribution in [0.25, 0.3) is 0 Å². The van der Waals surface area contributed by atoms with Gasteiger partial charge in [-0.2, -0.15) is 0 Å². The lowest BCUT2D eigenvalue weighted by Crippen LogP contribution is -2.42. The van der Waals surface area contributed by atoms with E-state index in [0.717, 1.165) is 31.2 Å². The molecular weight excluding hydrogens is 258 g/mol. The largest absolute Gasteiger partial charge is 0.368 e. The predicted octanol–water partition coefficient (Wildman–Crippen LogP) is 2.18. The molecule has 0 aliphatic carbocycles. The van der Waals surface area contributed by atoms with Crippen LogP contribution in [0, 0.1) is 0 Å². The number of morpholine rings is 1. The first kappa shape index (κ1) is 13.5. The van der Waals surface area contributed by atoms with Crippen LogP contribution in [-0.4, -0.2) is 42.2 Å². The van der Waals surface area contributed by atoms with Crippen molar-refractivity contribution in [2.45, 2.75) is 44.9 Å². The standard InChI is InChI=1S/C14H23N3OS/c1-2-5-15-7-12-8-16-14(19-12)13-9-17-6-3-4-11(17)10-18-13/h8,11,13,15H,2-7,9-10H2,1H3. The lowest BCUT2D eigenvalue weighted by molar-refractivity contribution is -0.0502. The summed E-state index contributed by atoms with van der Waals surface area (Å²) >= 11 is 1.80. The smallest absolute Gasteiger partial charge is 0.123 e. The van der Waals surface area contributed by atoms with Gasteiger partial charge in [0.1, 0.15) is 11.1 Å². The highest BCUT2D eigenvalue weighted by molar-refractivity contribution is 7.11. The molecule has 1 aromatic rings. The average Bonchev–Trinajstić information content (AvgIpc) is 3.06. The number of hydrogen-bond acceptors (Lipinski definition) is 5. The van der Waals surface area contributed by atoms with Crippen molar-refractivity contribution in [3.05, 3.63) is 16.1 Å². The Labute approximate surface area is 119 Å². The van der Waals surface area contributed by atoms with E-state index in [2.05, 4.69) is 22.1 Å². The number of ether oxygens (including phenoxy) is 1. The summed E-state index contributed by atoms with van der Waals surface area (Å²) in [5.41, 5.74) is 0. The Balaban J connectivity index is 1.56. The van der Waals surface area contributed by atoms with Gasteiger partial charge in [0.05, 0.1) is 6.61 Å². The van der Waals surface area contributed by atoms with Crippen molar-refractivity contribution in [3.63, 3.8) is 0 Å². The monoisotopic (exact) mass is 281 g/mol. The number of thiazole rings is 1. The molecule has 2 atom stereocenters. The molecule has 0 radical (unpaired) electrons. The second kappa shape index (κ2) is 6.31. The molecule has 2 unspecified atom stereocenters. The Morgan fingerprint density at radius 2 is 2.53 bits per heavy atom. The highest BCUT2D eigenvalue weighted by Crippen LogP contribution is 2.31. The van der Waals surface area contributed by atoms with Crippen LogP contribution < -0.4 is 5.32 Å². The van der Waals surface area contributed by atoms with Crippen LogP contribution in [0.15, 0.2) is 6.20 Å². The van der Waals surface area contributed by atoms with Gasteiger partial charge in [-0.15, -0.1) is 11.3 Å². The van der Waals surface area contributed by atoms with Gasteiger partial charge in [-0.25, -0.2) is 4.98 Å². The minimum Gasteiger partial charge on any atom is -0.368 e. The van der Waals surface area contributed by atoms with E-state index in [4.69, 9.17) is 4.74 Å². The van der Waals surface area contributed by atoms with Crippen molar-refractivity contribution in [2.75, 3.05) is 26.2 Å². The molecule has 2 aliphatic rings. The highest BCUT2D eigenvalue weighted by Gasteiger charge is 2.33.